The second-order valence-corrected chi connectivity index (χ2v) is 6.56. The van der Waals surface area contributed by atoms with E-state index < -0.39 is 0 Å². The van der Waals surface area contributed by atoms with Crippen molar-refractivity contribution in [1.82, 2.24) is 0 Å². The largest absolute Gasteiger partial charge is 0.323 e. The van der Waals surface area contributed by atoms with Gasteiger partial charge in [-0.2, -0.15) is 0 Å². The van der Waals surface area contributed by atoms with Crippen molar-refractivity contribution in [1.29, 1.82) is 0 Å². The number of rotatable bonds is 5. The molecule has 3 nitrogen and oxygen atoms in total. The fraction of sp³-hybridized carbons (Fsp3) is 0.188. The SMILES string of the molecule is CCCSc1ccc(NC(=O)Nc2ccc(Cl)cc2)cc1Cl. The van der Waals surface area contributed by atoms with Gasteiger partial charge in [0, 0.05) is 21.3 Å². The molecule has 0 aliphatic carbocycles. The van der Waals surface area contributed by atoms with Crippen LogP contribution in [0.2, 0.25) is 10.0 Å². The number of urea groups is 1. The maximum Gasteiger partial charge on any atom is 0.323 e. The summed E-state index contributed by atoms with van der Waals surface area (Å²) in [6.45, 7) is 2.12. The van der Waals surface area contributed by atoms with Crippen LogP contribution in [0.25, 0.3) is 0 Å². The van der Waals surface area contributed by atoms with Crippen LogP contribution < -0.4 is 10.6 Å². The Morgan fingerprint density at radius 1 is 1.05 bits per heavy atom. The van der Waals surface area contributed by atoms with Gasteiger partial charge in [-0.3, -0.25) is 0 Å². The second-order valence-electron chi connectivity index (χ2n) is 4.58. The molecular weight excluding hydrogens is 339 g/mol. The third-order valence-corrected chi connectivity index (χ3v) is 4.71. The van der Waals surface area contributed by atoms with Gasteiger partial charge < -0.3 is 10.6 Å². The first-order valence-corrected chi connectivity index (χ1v) is 8.58. The molecule has 0 bridgehead atoms. The van der Waals surface area contributed by atoms with Crippen molar-refractivity contribution in [3.8, 4) is 0 Å². The van der Waals surface area contributed by atoms with Gasteiger partial charge in [0.25, 0.3) is 0 Å². The van der Waals surface area contributed by atoms with Crippen LogP contribution in [0.5, 0.6) is 0 Å². The molecule has 116 valence electrons. The average Bonchev–Trinajstić information content (AvgIpc) is 2.49. The van der Waals surface area contributed by atoms with Gasteiger partial charge in [-0.1, -0.05) is 30.1 Å². The predicted molar refractivity (Wildman–Crippen MR) is 96.6 cm³/mol. The molecule has 0 saturated heterocycles. The Labute approximate surface area is 144 Å². The van der Waals surface area contributed by atoms with E-state index in [2.05, 4.69) is 17.6 Å². The molecule has 2 N–H and O–H groups in total. The van der Waals surface area contributed by atoms with Crippen molar-refractivity contribution in [2.45, 2.75) is 18.2 Å². The Morgan fingerprint density at radius 3 is 2.32 bits per heavy atom. The molecule has 2 aromatic carbocycles. The molecule has 22 heavy (non-hydrogen) atoms. The fourth-order valence-electron chi connectivity index (χ4n) is 1.73. The molecule has 0 unspecified atom stereocenters. The zero-order chi connectivity index (χ0) is 15.9. The smallest absolute Gasteiger partial charge is 0.308 e. The number of benzene rings is 2. The van der Waals surface area contributed by atoms with Gasteiger partial charge in [-0.05, 0) is 54.6 Å². The number of hydrogen-bond donors (Lipinski definition) is 2. The minimum Gasteiger partial charge on any atom is -0.308 e. The van der Waals surface area contributed by atoms with Gasteiger partial charge in [-0.25, -0.2) is 4.79 Å². The number of carbonyl (C=O) groups is 1. The van der Waals surface area contributed by atoms with Gasteiger partial charge in [0.1, 0.15) is 0 Å². The lowest BCUT2D eigenvalue weighted by Crippen LogP contribution is -2.19. The molecule has 2 aromatic rings. The molecule has 0 aromatic heterocycles. The maximum atomic E-state index is 11.9. The number of thioether (sulfide) groups is 1. The summed E-state index contributed by atoms with van der Waals surface area (Å²) in [5, 5.41) is 6.75. The Hall–Kier alpha value is -1.36. The maximum absolute atomic E-state index is 11.9. The van der Waals surface area contributed by atoms with Gasteiger partial charge >= 0.3 is 6.03 Å². The monoisotopic (exact) mass is 354 g/mol. The first kappa shape index (κ1) is 17.0. The molecule has 0 atom stereocenters. The molecule has 0 aliphatic rings. The number of carbonyl (C=O) groups excluding carboxylic acids is 1. The van der Waals surface area contributed by atoms with Crippen LogP contribution in [0.15, 0.2) is 47.4 Å². The first-order chi connectivity index (χ1) is 10.6. The van der Waals surface area contributed by atoms with Crippen molar-refractivity contribution >= 4 is 52.4 Å². The van der Waals surface area contributed by atoms with Crippen LogP contribution in [0.3, 0.4) is 0 Å². The van der Waals surface area contributed by atoms with Crippen molar-refractivity contribution < 1.29 is 4.79 Å². The van der Waals surface area contributed by atoms with E-state index in [1.807, 2.05) is 12.1 Å². The van der Waals surface area contributed by atoms with Crippen molar-refractivity contribution in [2.75, 3.05) is 16.4 Å². The van der Waals surface area contributed by atoms with E-state index in [0.717, 1.165) is 17.1 Å². The molecule has 0 spiro atoms. The highest BCUT2D eigenvalue weighted by Crippen LogP contribution is 2.30. The van der Waals surface area contributed by atoms with E-state index in [1.165, 1.54) is 0 Å². The third kappa shape index (κ3) is 5.13. The number of amides is 2. The zero-order valence-corrected chi connectivity index (χ0v) is 14.4. The topological polar surface area (TPSA) is 41.1 Å². The predicted octanol–water partition coefficient (Wildman–Crippen LogP) is 6.14. The van der Waals surface area contributed by atoms with E-state index in [-0.39, 0.29) is 6.03 Å². The second kappa shape index (κ2) is 8.32. The average molecular weight is 355 g/mol. The minimum absolute atomic E-state index is 0.327. The molecular formula is C16H16Cl2N2OS. The molecule has 2 amide bonds. The zero-order valence-electron chi connectivity index (χ0n) is 12.0. The standard InChI is InChI=1S/C16H16Cl2N2OS/c1-2-9-22-15-8-7-13(10-14(15)18)20-16(21)19-12-5-3-11(17)4-6-12/h3-8,10H,2,9H2,1H3,(H2,19,20,21). The summed E-state index contributed by atoms with van der Waals surface area (Å²) >= 11 is 13.7. The van der Waals surface area contributed by atoms with Crippen LogP contribution in [-0.4, -0.2) is 11.8 Å². The quantitative estimate of drug-likeness (QED) is 0.633. The Morgan fingerprint density at radius 2 is 1.68 bits per heavy atom. The molecule has 0 heterocycles. The highest BCUT2D eigenvalue weighted by atomic mass is 35.5. The summed E-state index contributed by atoms with van der Waals surface area (Å²) in [7, 11) is 0. The van der Waals surface area contributed by atoms with Crippen molar-refractivity contribution in [3.63, 3.8) is 0 Å². The third-order valence-electron chi connectivity index (χ3n) is 2.75. The lowest BCUT2D eigenvalue weighted by molar-refractivity contribution is 0.262. The molecule has 6 heteroatoms. The van der Waals surface area contributed by atoms with Crippen LogP contribution >= 0.6 is 35.0 Å². The highest BCUT2D eigenvalue weighted by Gasteiger charge is 2.06. The summed E-state index contributed by atoms with van der Waals surface area (Å²) < 4.78 is 0. The van der Waals surface area contributed by atoms with Crippen LogP contribution in [0, 0.1) is 0 Å². The van der Waals surface area contributed by atoms with Crippen LogP contribution in [-0.2, 0) is 0 Å². The Bertz CT molecular complexity index is 647. The van der Waals surface area contributed by atoms with Gasteiger partial charge in [0.2, 0.25) is 0 Å². The number of hydrogen-bond acceptors (Lipinski definition) is 2. The lowest BCUT2D eigenvalue weighted by atomic mass is 10.3. The minimum atomic E-state index is -0.327. The van der Waals surface area contributed by atoms with E-state index in [9.17, 15) is 4.79 Å². The summed E-state index contributed by atoms with van der Waals surface area (Å²) in [5.41, 5.74) is 1.32. The Balaban J connectivity index is 1.96. The molecule has 2 rings (SSSR count). The number of nitrogens with one attached hydrogen (secondary N) is 2. The lowest BCUT2D eigenvalue weighted by Gasteiger charge is -2.10. The summed E-state index contributed by atoms with van der Waals surface area (Å²) in [6, 6.07) is 12.1. The molecule has 0 saturated carbocycles. The summed E-state index contributed by atoms with van der Waals surface area (Å²) in [4.78, 5) is 13.0. The number of anilines is 2. The summed E-state index contributed by atoms with van der Waals surface area (Å²) in [6.07, 6.45) is 1.09. The summed E-state index contributed by atoms with van der Waals surface area (Å²) in [5.74, 6) is 1.02. The number of halogens is 2. The van der Waals surface area contributed by atoms with Gasteiger partial charge in [0.05, 0.1) is 5.02 Å². The van der Waals surface area contributed by atoms with Crippen molar-refractivity contribution in [3.05, 3.63) is 52.5 Å². The van der Waals surface area contributed by atoms with Crippen molar-refractivity contribution in [2.24, 2.45) is 0 Å². The highest BCUT2D eigenvalue weighted by molar-refractivity contribution is 7.99. The van der Waals surface area contributed by atoms with Crippen LogP contribution in [0.1, 0.15) is 13.3 Å². The van der Waals surface area contributed by atoms with E-state index >= 15 is 0 Å². The molecule has 0 fully saturated rings. The Kier molecular flexibility index (Phi) is 6.43. The fourth-order valence-corrected chi connectivity index (χ4v) is 2.99. The van der Waals surface area contributed by atoms with Gasteiger partial charge in [0.15, 0.2) is 0 Å². The molecule has 0 aliphatic heterocycles. The van der Waals surface area contributed by atoms with E-state index in [0.29, 0.717) is 21.4 Å². The van der Waals surface area contributed by atoms with Gasteiger partial charge in [-0.15, -0.1) is 11.8 Å². The molecule has 0 radical (unpaired) electrons. The van der Waals surface area contributed by atoms with Crippen LogP contribution in [0.4, 0.5) is 16.2 Å². The normalized spacial score (nSPS) is 10.3. The van der Waals surface area contributed by atoms with E-state index in [4.69, 9.17) is 23.2 Å². The first-order valence-electron chi connectivity index (χ1n) is 6.84. The van der Waals surface area contributed by atoms with E-state index in [1.54, 1.807) is 42.1 Å².